The molecular weight excluding hydrogens is 334 g/mol. The van der Waals surface area contributed by atoms with Crippen molar-refractivity contribution in [1.29, 1.82) is 0 Å². The molecule has 0 saturated carbocycles. The third kappa shape index (κ3) is 3.18. The summed E-state index contributed by atoms with van der Waals surface area (Å²) in [6.07, 6.45) is 0.645. The first-order valence-electron chi connectivity index (χ1n) is 8.21. The molecule has 2 aromatic rings. The van der Waals surface area contributed by atoms with E-state index in [0.29, 0.717) is 18.5 Å². The average molecular weight is 353 g/mol. The largest absolute Gasteiger partial charge is 0.467 e. The Morgan fingerprint density at radius 3 is 2.42 bits per heavy atom. The minimum absolute atomic E-state index is 0.283. The van der Waals surface area contributed by atoms with E-state index in [-0.39, 0.29) is 11.5 Å². The van der Waals surface area contributed by atoms with Gasteiger partial charge in [-0.05, 0) is 35.7 Å². The maximum Gasteiger partial charge on any atom is 0.337 e. The lowest BCUT2D eigenvalue weighted by atomic mass is 9.92. The van der Waals surface area contributed by atoms with Crippen LogP contribution in [0, 0.1) is 0 Å². The van der Waals surface area contributed by atoms with Crippen LogP contribution in [0.1, 0.15) is 37.9 Å². The normalized spacial score (nSPS) is 15.8. The van der Waals surface area contributed by atoms with Gasteiger partial charge in [-0.3, -0.25) is 4.79 Å². The molecule has 0 radical (unpaired) electrons. The number of amides is 1. The van der Waals surface area contributed by atoms with Crippen LogP contribution in [-0.4, -0.2) is 43.5 Å². The summed E-state index contributed by atoms with van der Waals surface area (Å²) in [5, 5.41) is 0. The van der Waals surface area contributed by atoms with Crippen molar-refractivity contribution in [2.75, 3.05) is 20.8 Å². The molecule has 0 saturated heterocycles. The fourth-order valence-electron chi connectivity index (χ4n) is 3.21. The Hall–Kier alpha value is -3.15. The Morgan fingerprint density at radius 2 is 1.69 bits per heavy atom. The number of carbonyl (C=O) groups is 3. The van der Waals surface area contributed by atoms with Crippen LogP contribution in [-0.2, 0) is 20.7 Å². The molecule has 1 aliphatic rings. The van der Waals surface area contributed by atoms with Gasteiger partial charge < -0.3 is 14.4 Å². The Balaban J connectivity index is 1.98. The van der Waals surface area contributed by atoms with Gasteiger partial charge in [-0.25, -0.2) is 9.59 Å². The summed E-state index contributed by atoms with van der Waals surface area (Å²) in [7, 11) is 2.59. The van der Waals surface area contributed by atoms with Crippen molar-refractivity contribution in [3.05, 3.63) is 70.8 Å². The molecule has 0 fully saturated rings. The summed E-state index contributed by atoms with van der Waals surface area (Å²) < 4.78 is 9.64. The predicted molar refractivity (Wildman–Crippen MR) is 93.7 cm³/mol. The number of methoxy groups -OCH3 is 2. The van der Waals surface area contributed by atoms with Crippen LogP contribution >= 0.6 is 0 Å². The minimum Gasteiger partial charge on any atom is -0.467 e. The molecule has 0 N–H and O–H groups in total. The standard InChI is InChI=1S/C20H19NO5/c1-25-19(23)15-8-5-7-14(12-15)18(22)21-11-10-13-6-3-4-9-16(13)17(21)20(24)26-2/h3-9,12,17H,10-11H2,1-2H3. The first-order chi connectivity index (χ1) is 12.6. The molecule has 1 unspecified atom stereocenters. The van der Waals surface area contributed by atoms with Crippen molar-refractivity contribution >= 4 is 17.8 Å². The monoisotopic (exact) mass is 353 g/mol. The number of esters is 2. The second-order valence-electron chi connectivity index (χ2n) is 5.95. The van der Waals surface area contributed by atoms with E-state index >= 15 is 0 Å². The Kier molecular flexibility index (Phi) is 5.02. The molecule has 1 amide bonds. The molecule has 0 bridgehead atoms. The van der Waals surface area contributed by atoms with E-state index in [1.165, 1.54) is 25.2 Å². The smallest absolute Gasteiger partial charge is 0.337 e. The van der Waals surface area contributed by atoms with E-state index in [1.807, 2.05) is 24.3 Å². The minimum atomic E-state index is -0.806. The zero-order valence-electron chi connectivity index (χ0n) is 14.6. The SMILES string of the molecule is COC(=O)c1cccc(C(=O)N2CCc3ccccc3C2C(=O)OC)c1. The fourth-order valence-corrected chi connectivity index (χ4v) is 3.21. The molecule has 6 heteroatoms. The van der Waals surface area contributed by atoms with E-state index in [1.54, 1.807) is 18.2 Å². The molecule has 6 nitrogen and oxygen atoms in total. The van der Waals surface area contributed by atoms with Gasteiger partial charge in [0.2, 0.25) is 0 Å². The number of rotatable bonds is 3. The van der Waals surface area contributed by atoms with Gasteiger partial charge in [-0.15, -0.1) is 0 Å². The Labute approximate surface area is 151 Å². The Morgan fingerprint density at radius 1 is 0.962 bits per heavy atom. The van der Waals surface area contributed by atoms with Gasteiger partial charge in [-0.2, -0.15) is 0 Å². The summed E-state index contributed by atoms with van der Waals surface area (Å²) in [5.41, 5.74) is 2.39. The van der Waals surface area contributed by atoms with Crippen molar-refractivity contribution in [3.8, 4) is 0 Å². The number of benzene rings is 2. The molecule has 0 aliphatic carbocycles. The van der Waals surface area contributed by atoms with Crippen molar-refractivity contribution in [2.24, 2.45) is 0 Å². The third-order valence-corrected chi connectivity index (χ3v) is 4.50. The lowest BCUT2D eigenvalue weighted by Crippen LogP contribution is -2.44. The van der Waals surface area contributed by atoms with Gasteiger partial charge in [0, 0.05) is 12.1 Å². The number of hydrogen-bond donors (Lipinski definition) is 0. The lowest BCUT2D eigenvalue weighted by Gasteiger charge is -2.35. The van der Waals surface area contributed by atoms with Crippen LogP contribution in [0.2, 0.25) is 0 Å². The molecule has 1 aliphatic heterocycles. The van der Waals surface area contributed by atoms with Crippen molar-refractivity contribution in [1.82, 2.24) is 4.90 Å². The Bertz CT molecular complexity index is 861. The molecule has 1 atom stereocenters. The molecule has 134 valence electrons. The molecule has 0 spiro atoms. The number of ether oxygens (including phenoxy) is 2. The molecule has 26 heavy (non-hydrogen) atoms. The third-order valence-electron chi connectivity index (χ3n) is 4.50. The van der Waals surface area contributed by atoms with E-state index in [4.69, 9.17) is 9.47 Å². The van der Waals surface area contributed by atoms with Crippen LogP contribution in [0.25, 0.3) is 0 Å². The van der Waals surface area contributed by atoms with Crippen LogP contribution in [0.5, 0.6) is 0 Å². The topological polar surface area (TPSA) is 72.9 Å². The van der Waals surface area contributed by atoms with Gasteiger partial charge in [0.15, 0.2) is 6.04 Å². The maximum absolute atomic E-state index is 13.1. The zero-order chi connectivity index (χ0) is 18.7. The van der Waals surface area contributed by atoms with Crippen molar-refractivity contribution in [3.63, 3.8) is 0 Å². The quantitative estimate of drug-likeness (QED) is 0.792. The van der Waals surface area contributed by atoms with Gasteiger partial charge in [0.1, 0.15) is 0 Å². The molecular formula is C20H19NO5. The lowest BCUT2D eigenvalue weighted by molar-refractivity contribution is -0.146. The summed E-state index contributed by atoms with van der Waals surface area (Å²) in [6, 6.07) is 13.0. The maximum atomic E-state index is 13.1. The number of carbonyl (C=O) groups excluding carboxylic acids is 3. The van der Waals surface area contributed by atoms with Gasteiger partial charge in [-0.1, -0.05) is 30.3 Å². The second kappa shape index (κ2) is 7.39. The highest BCUT2D eigenvalue weighted by molar-refractivity contribution is 6.00. The second-order valence-corrected chi connectivity index (χ2v) is 5.95. The first kappa shape index (κ1) is 17.7. The number of hydrogen-bond acceptors (Lipinski definition) is 5. The average Bonchev–Trinajstić information content (AvgIpc) is 2.71. The van der Waals surface area contributed by atoms with Crippen LogP contribution in [0.3, 0.4) is 0 Å². The van der Waals surface area contributed by atoms with Gasteiger partial charge in [0.25, 0.3) is 5.91 Å². The molecule has 0 aromatic heterocycles. The highest BCUT2D eigenvalue weighted by Gasteiger charge is 2.37. The van der Waals surface area contributed by atoms with Crippen molar-refractivity contribution < 1.29 is 23.9 Å². The fraction of sp³-hybridized carbons (Fsp3) is 0.250. The van der Waals surface area contributed by atoms with Crippen LogP contribution in [0.15, 0.2) is 48.5 Å². The zero-order valence-corrected chi connectivity index (χ0v) is 14.6. The van der Waals surface area contributed by atoms with Crippen molar-refractivity contribution in [2.45, 2.75) is 12.5 Å². The highest BCUT2D eigenvalue weighted by Crippen LogP contribution is 2.32. The van der Waals surface area contributed by atoms with E-state index < -0.39 is 18.0 Å². The van der Waals surface area contributed by atoms with Crippen LogP contribution in [0.4, 0.5) is 0 Å². The van der Waals surface area contributed by atoms with Crippen LogP contribution < -0.4 is 0 Å². The molecule has 2 aromatic carbocycles. The summed E-state index contributed by atoms with van der Waals surface area (Å²) in [6.45, 7) is 0.387. The van der Waals surface area contributed by atoms with Gasteiger partial charge >= 0.3 is 11.9 Å². The molecule has 1 heterocycles. The number of nitrogens with zero attached hydrogens (tertiary/aromatic N) is 1. The van der Waals surface area contributed by atoms with E-state index in [9.17, 15) is 14.4 Å². The van der Waals surface area contributed by atoms with E-state index in [2.05, 4.69) is 0 Å². The summed E-state index contributed by atoms with van der Waals surface area (Å²) in [5.74, 6) is -1.34. The number of fused-ring (bicyclic) bond motifs is 1. The predicted octanol–water partition coefficient (Wildman–Crippen LogP) is 2.39. The summed E-state index contributed by atoms with van der Waals surface area (Å²) in [4.78, 5) is 38.7. The highest BCUT2D eigenvalue weighted by atomic mass is 16.5. The first-order valence-corrected chi connectivity index (χ1v) is 8.21. The van der Waals surface area contributed by atoms with Gasteiger partial charge in [0.05, 0.1) is 19.8 Å². The summed E-state index contributed by atoms with van der Waals surface area (Å²) >= 11 is 0. The van der Waals surface area contributed by atoms with E-state index in [0.717, 1.165) is 11.1 Å². The molecule has 3 rings (SSSR count).